The van der Waals surface area contributed by atoms with Crippen LogP contribution in [-0.2, 0) is 16.1 Å². The van der Waals surface area contributed by atoms with E-state index in [1.165, 1.54) is 12.0 Å². The number of hydrogen-bond acceptors (Lipinski definition) is 5. The number of amides is 1. The number of aromatic nitrogens is 1. The lowest BCUT2D eigenvalue weighted by Gasteiger charge is -2.27. The Balaban J connectivity index is 1.85. The number of carbonyl (C=O) groups is 2. The quantitative estimate of drug-likeness (QED) is 0.339. The first-order chi connectivity index (χ1) is 15.5. The number of ketones is 1. The Bertz CT molecular complexity index is 1170. The van der Waals surface area contributed by atoms with Gasteiger partial charge in [-0.2, -0.15) is 0 Å². The summed E-state index contributed by atoms with van der Waals surface area (Å²) in [6, 6.07) is 16.4. The highest BCUT2D eigenvalue weighted by Crippen LogP contribution is 2.40. The highest BCUT2D eigenvalue weighted by molar-refractivity contribution is 6.46. The minimum Gasteiger partial charge on any atom is -0.872 e. The zero-order chi connectivity index (χ0) is 22.7. The normalized spacial score (nSPS) is 17.4. The van der Waals surface area contributed by atoms with Crippen LogP contribution in [0.2, 0.25) is 0 Å². The molecular formula is C25H22N2O5. The molecule has 4 rings (SSSR count). The van der Waals surface area contributed by atoms with E-state index in [0.29, 0.717) is 17.1 Å². The number of hydrogen-bond donors (Lipinski definition) is 0. The minimum absolute atomic E-state index is 0.0756. The molecule has 2 heterocycles. The summed E-state index contributed by atoms with van der Waals surface area (Å²) in [5, 5.41) is 13.5. The second-order valence-electron chi connectivity index (χ2n) is 7.32. The van der Waals surface area contributed by atoms with Crippen LogP contribution in [0.15, 0.2) is 78.6 Å². The fraction of sp³-hybridized carbons (Fsp3) is 0.160. The molecule has 1 aliphatic heterocycles. The molecule has 1 unspecified atom stereocenters. The first-order valence-corrected chi connectivity index (χ1v) is 10.0. The van der Waals surface area contributed by atoms with Gasteiger partial charge in [-0.25, -0.2) is 4.98 Å². The van der Waals surface area contributed by atoms with E-state index in [4.69, 9.17) is 9.47 Å². The van der Waals surface area contributed by atoms with Crippen molar-refractivity contribution >= 4 is 17.4 Å². The standard InChI is InChI=1S/C25H22N2O5/c1-31-19-10-8-17(9-11-19)22-21(23(28)18-6-3-7-20(13-18)32-2)24(29)25(30)27(22)15-16-5-4-12-26-14-16/h3-14,22,28H,15H2,1-2H3/b23-21+. The van der Waals surface area contributed by atoms with Crippen molar-refractivity contribution in [3.8, 4) is 11.5 Å². The third kappa shape index (κ3) is 3.92. The number of nitrogens with zero attached hydrogens (tertiary/aromatic N) is 1. The topological polar surface area (TPSA) is 93.0 Å². The average Bonchev–Trinajstić information content (AvgIpc) is 3.09. The average molecular weight is 430 g/mol. The van der Waals surface area contributed by atoms with E-state index in [-0.39, 0.29) is 17.7 Å². The van der Waals surface area contributed by atoms with Crippen LogP contribution in [0.1, 0.15) is 22.7 Å². The molecule has 1 fully saturated rings. The summed E-state index contributed by atoms with van der Waals surface area (Å²) >= 11 is 0. The smallest absolute Gasteiger partial charge is 0.295 e. The molecule has 3 aromatic rings. The van der Waals surface area contributed by atoms with E-state index in [1.807, 2.05) is 12.1 Å². The second-order valence-corrected chi connectivity index (χ2v) is 7.32. The number of likely N-dealkylation sites (tertiary alicyclic amines) is 1. The Hall–Kier alpha value is -4.13. The summed E-state index contributed by atoms with van der Waals surface area (Å²) in [7, 11) is 3.06. The SMILES string of the molecule is COc1ccc(C2/C(=C(\[O-])c3cccc(OC)c3)C(=O)C(=O)N2Cc2ccc[nH+]c2)cc1. The van der Waals surface area contributed by atoms with Gasteiger partial charge in [0.25, 0.3) is 5.91 Å². The van der Waals surface area contributed by atoms with E-state index in [9.17, 15) is 14.7 Å². The van der Waals surface area contributed by atoms with Crippen molar-refractivity contribution < 1.29 is 29.2 Å². The minimum atomic E-state index is -0.820. The first-order valence-electron chi connectivity index (χ1n) is 10.0. The van der Waals surface area contributed by atoms with Gasteiger partial charge in [-0.3, -0.25) is 9.59 Å². The van der Waals surface area contributed by atoms with Crippen molar-refractivity contribution in [3.05, 3.63) is 95.3 Å². The molecule has 1 N–H and O–H groups in total. The van der Waals surface area contributed by atoms with Gasteiger partial charge >= 0.3 is 0 Å². The largest absolute Gasteiger partial charge is 0.872 e. The first kappa shape index (κ1) is 21.1. The molecule has 7 nitrogen and oxygen atoms in total. The summed E-state index contributed by atoms with van der Waals surface area (Å²) in [6.45, 7) is 0.174. The molecule has 0 aliphatic carbocycles. The third-order valence-corrected chi connectivity index (χ3v) is 5.42. The summed E-state index contributed by atoms with van der Waals surface area (Å²) in [6.07, 6.45) is 3.51. The number of Topliss-reactive ketones (excluding diaryl/α,β-unsaturated/α-hetero) is 1. The van der Waals surface area contributed by atoms with Crippen LogP contribution in [0.25, 0.3) is 5.76 Å². The van der Waals surface area contributed by atoms with Crippen LogP contribution in [0.5, 0.6) is 11.5 Å². The van der Waals surface area contributed by atoms with Crippen molar-refractivity contribution in [3.63, 3.8) is 0 Å². The Morgan fingerprint density at radius 3 is 2.41 bits per heavy atom. The fourth-order valence-electron chi connectivity index (χ4n) is 3.81. The molecule has 0 radical (unpaired) electrons. The second kappa shape index (κ2) is 8.93. The fourth-order valence-corrected chi connectivity index (χ4v) is 3.81. The highest BCUT2D eigenvalue weighted by atomic mass is 16.5. The van der Waals surface area contributed by atoms with Gasteiger partial charge in [0.05, 0.1) is 26.8 Å². The summed E-state index contributed by atoms with van der Waals surface area (Å²) < 4.78 is 10.4. The van der Waals surface area contributed by atoms with Gasteiger partial charge in [0.2, 0.25) is 5.78 Å². The molecule has 2 aromatic carbocycles. The molecule has 162 valence electrons. The lowest BCUT2D eigenvalue weighted by molar-refractivity contribution is -0.378. The maximum Gasteiger partial charge on any atom is 0.295 e. The Morgan fingerprint density at radius 2 is 1.75 bits per heavy atom. The summed E-state index contributed by atoms with van der Waals surface area (Å²) in [5.41, 5.74) is 1.67. The molecule has 0 bridgehead atoms. The Labute approximate surface area is 185 Å². The number of rotatable bonds is 6. The van der Waals surface area contributed by atoms with Crippen LogP contribution in [0.3, 0.4) is 0 Å². The number of benzene rings is 2. The number of nitrogens with one attached hydrogen (secondary N) is 1. The number of aromatic amines is 1. The van der Waals surface area contributed by atoms with Gasteiger partial charge in [0.15, 0.2) is 12.4 Å². The third-order valence-electron chi connectivity index (χ3n) is 5.42. The molecule has 32 heavy (non-hydrogen) atoms. The van der Waals surface area contributed by atoms with E-state index in [1.54, 1.807) is 68.0 Å². The van der Waals surface area contributed by atoms with Crippen molar-refractivity contribution in [2.24, 2.45) is 0 Å². The molecule has 1 aromatic heterocycles. The molecule has 0 saturated carbocycles. The number of carbonyl (C=O) groups excluding carboxylic acids is 2. The predicted molar refractivity (Wildman–Crippen MR) is 114 cm³/mol. The molecule has 1 saturated heterocycles. The van der Waals surface area contributed by atoms with Crippen molar-refractivity contribution in [1.29, 1.82) is 0 Å². The molecular weight excluding hydrogens is 408 g/mol. The number of H-pyrrole nitrogens is 1. The number of methoxy groups -OCH3 is 2. The van der Waals surface area contributed by atoms with Gasteiger partial charge < -0.3 is 19.5 Å². The maximum absolute atomic E-state index is 13.5. The van der Waals surface area contributed by atoms with Crippen molar-refractivity contribution in [2.75, 3.05) is 14.2 Å². The van der Waals surface area contributed by atoms with Gasteiger partial charge in [-0.05, 0) is 41.5 Å². The molecule has 7 heteroatoms. The molecule has 1 atom stereocenters. The lowest BCUT2D eigenvalue weighted by Crippen LogP contribution is -2.29. The monoisotopic (exact) mass is 430 g/mol. The zero-order valence-electron chi connectivity index (χ0n) is 17.7. The number of pyridine rings is 1. The lowest BCUT2D eigenvalue weighted by atomic mass is 9.95. The van der Waals surface area contributed by atoms with Gasteiger partial charge in [-0.15, -0.1) is 0 Å². The van der Waals surface area contributed by atoms with Crippen LogP contribution in [-0.4, -0.2) is 30.8 Å². The van der Waals surface area contributed by atoms with Crippen molar-refractivity contribution in [2.45, 2.75) is 12.6 Å². The van der Waals surface area contributed by atoms with Crippen LogP contribution < -0.4 is 19.6 Å². The maximum atomic E-state index is 13.5. The van der Waals surface area contributed by atoms with Gasteiger partial charge in [-0.1, -0.05) is 30.0 Å². The zero-order valence-corrected chi connectivity index (χ0v) is 17.7. The van der Waals surface area contributed by atoms with Crippen LogP contribution >= 0.6 is 0 Å². The highest BCUT2D eigenvalue weighted by Gasteiger charge is 2.44. The van der Waals surface area contributed by atoms with Crippen molar-refractivity contribution in [1.82, 2.24) is 4.90 Å². The van der Waals surface area contributed by atoms with E-state index >= 15 is 0 Å². The van der Waals surface area contributed by atoms with Gasteiger partial charge in [0, 0.05) is 17.2 Å². The molecule has 0 spiro atoms. The summed E-state index contributed by atoms with van der Waals surface area (Å²) in [5.74, 6) is -0.871. The van der Waals surface area contributed by atoms with E-state index < -0.39 is 23.5 Å². The number of ether oxygens (including phenoxy) is 2. The van der Waals surface area contributed by atoms with Gasteiger partial charge in [0.1, 0.15) is 11.5 Å². The molecule has 1 amide bonds. The van der Waals surface area contributed by atoms with Crippen LogP contribution in [0, 0.1) is 0 Å². The Morgan fingerprint density at radius 1 is 1.00 bits per heavy atom. The van der Waals surface area contributed by atoms with Crippen LogP contribution in [0.4, 0.5) is 0 Å². The molecule has 1 aliphatic rings. The van der Waals surface area contributed by atoms with E-state index in [2.05, 4.69) is 4.98 Å². The predicted octanol–water partition coefficient (Wildman–Crippen LogP) is 1.94. The Kier molecular flexibility index (Phi) is 5.89. The van der Waals surface area contributed by atoms with E-state index in [0.717, 1.165) is 5.56 Å². The summed E-state index contributed by atoms with van der Waals surface area (Å²) in [4.78, 5) is 30.5.